The highest BCUT2D eigenvalue weighted by atomic mass is 16.6. The molecule has 7 nitrogen and oxygen atoms in total. The number of aryl methyl sites for hydroxylation is 3. The summed E-state index contributed by atoms with van der Waals surface area (Å²) in [6.45, 7) is 10.3. The summed E-state index contributed by atoms with van der Waals surface area (Å²) >= 11 is 0. The lowest BCUT2D eigenvalue weighted by molar-refractivity contribution is 0.0222. The molecule has 0 saturated carbocycles. The number of aromatic nitrogens is 2. The number of ether oxygens (including phenoxy) is 1. The number of benzene rings is 1. The van der Waals surface area contributed by atoms with Gasteiger partial charge >= 0.3 is 6.09 Å². The Morgan fingerprint density at radius 2 is 1.82 bits per heavy atom. The lowest BCUT2D eigenvalue weighted by Crippen LogP contribution is -2.40. The lowest BCUT2D eigenvalue weighted by Gasteiger charge is -2.30. The molecule has 2 amide bonds. The van der Waals surface area contributed by atoms with Gasteiger partial charge < -0.3 is 15.0 Å². The van der Waals surface area contributed by atoms with E-state index >= 15 is 0 Å². The number of fused-ring (bicyclic) bond motifs is 1. The van der Waals surface area contributed by atoms with Crippen LogP contribution in [-0.2, 0) is 24.8 Å². The van der Waals surface area contributed by atoms with Crippen molar-refractivity contribution in [1.29, 1.82) is 0 Å². The normalized spacial score (nSPS) is 13.9. The van der Waals surface area contributed by atoms with E-state index in [-0.39, 0.29) is 12.0 Å². The quantitative estimate of drug-likeness (QED) is 0.859. The third-order valence-corrected chi connectivity index (χ3v) is 4.83. The first kappa shape index (κ1) is 19.9. The van der Waals surface area contributed by atoms with Crippen molar-refractivity contribution in [2.45, 2.75) is 53.2 Å². The van der Waals surface area contributed by atoms with E-state index in [4.69, 9.17) is 4.74 Å². The van der Waals surface area contributed by atoms with Crippen LogP contribution in [0.1, 0.15) is 53.6 Å². The number of para-hydroxylation sites is 1. The van der Waals surface area contributed by atoms with Crippen molar-refractivity contribution in [3.8, 4) is 0 Å². The number of hydrogen-bond donors (Lipinski definition) is 1. The van der Waals surface area contributed by atoms with Gasteiger partial charge in [-0.25, -0.2) is 4.79 Å². The monoisotopic (exact) mass is 384 g/mol. The van der Waals surface area contributed by atoms with Crippen molar-refractivity contribution >= 4 is 17.7 Å². The second-order valence-electron chi connectivity index (χ2n) is 8.27. The highest BCUT2D eigenvalue weighted by Gasteiger charge is 2.31. The maximum Gasteiger partial charge on any atom is 0.410 e. The Morgan fingerprint density at radius 3 is 2.43 bits per heavy atom. The van der Waals surface area contributed by atoms with Gasteiger partial charge in [-0.05, 0) is 45.7 Å². The van der Waals surface area contributed by atoms with Gasteiger partial charge in [0.2, 0.25) is 0 Å². The number of nitrogens with zero attached hydrogens (tertiary/aromatic N) is 3. The molecule has 0 spiro atoms. The van der Waals surface area contributed by atoms with Crippen LogP contribution in [0.25, 0.3) is 0 Å². The SMILES string of the molecule is Cc1cccc(C)c1NC(=O)c1nn(C)c2c1CN(C(=O)OC(C)(C)C)CC2. The lowest BCUT2D eigenvalue weighted by atomic mass is 10.0. The first-order chi connectivity index (χ1) is 13.1. The minimum Gasteiger partial charge on any atom is -0.444 e. The van der Waals surface area contributed by atoms with Gasteiger partial charge in [0.1, 0.15) is 5.60 Å². The number of amides is 2. The van der Waals surface area contributed by atoms with Crippen LogP contribution in [0.15, 0.2) is 18.2 Å². The van der Waals surface area contributed by atoms with E-state index in [0.29, 0.717) is 25.2 Å². The van der Waals surface area contributed by atoms with E-state index in [2.05, 4.69) is 10.4 Å². The molecule has 1 aromatic carbocycles. The number of nitrogens with one attached hydrogen (secondary N) is 1. The van der Waals surface area contributed by atoms with E-state index in [1.807, 2.05) is 59.9 Å². The van der Waals surface area contributed by atoms with E-state index in [1.54, 1.807) is 9.58 Å². The van der Waals surface area contributed by atoms with Gasteiger partial charge in [-0.1, -0.05) is 18.2 Å². The molecule has 2 aromatic rings. The molecule has 0 unspecified atom stereocenters. The number of carbonyl (C=O) groups is 2. The van der Waals surface area contributed by atoms with Gasteiger partial charge in [0, 0.05) is 37.0 Å². The van der Waals surface area contributed by atoms with Gasteiger partial charge in [-0.2, -0.15) is 5.10 Å². The van der Waals surface area contributed by atoms with Crippen LogP contribution in [0.4, 0.5) is 10.5 Å². The molecule has 1 N–H and O–H groups in total. The molecule has 1 aliphatic rings. The molecule has 2 heterocycles. The molecule has 3 rings (SSSR count). The number of anilines is 1. The minimum atomic E-state index is -0.561. The van der Waals surface area contributed by atoms with Crippen LogP contribution in [0.5, 0.6) is 0 Å². The highest BCUT2D eigenvalue weighted by molar-refractivity contribution is 6.05. The fraction of sp³-hybridized carbons (Fsp3) is 0.476. The molecular weight excluding hydrogens is 356 g/mol. The third-order valence-electron chi connectivity index (χ3n) is 4.83. The molecule has 150 valence electrons. The van der Waals surface area contributed by atoms with Crippen molar-refractivity contribution in [2.24, 2.45) is 7.05 Å². The van der Waals surface area contributed by atoms with E-state index in [0.717, 1.165) is 28.1 Å². The first-order valence-corrected chi connectivity index (χ1v) is 9.47. The Kier molecular flexibility index (Phi) is 5.19. The summed E-state index contributed by atoms with van der Waals surface area (Å²) in [7, 11) is 1.83. The minimum absolute atomic E-state index is 0.264. The number of hydrogen-bond acceptors (Lipinski definition) is 4. The van der Waals surface area contributed by atoms with Crippen molar-refractivity contribution in [3.63, 3.8) is 0 Å². The van der Waals surface area contributed by atoms with Crippen LogP contribution in [-0.4, -0.2) is 38.8 Å². The van der Waals surface area contributed by atoms with Gasteiger partial charge in [-0.3, -0.25) is 9.48 Å². The van der Waals surface area contributed by atoms with Gasteiger partial charge in [0.05, 0.1) is 6.54 Å². The van der Waals surface area contributed by atoms with Crippen LogP contribution >= 0.6 is 0 Å². The fourth-order valence-electron chi connectivity index (χ4n) is 3.44. The molecular formula is C21H28N4O3. The Bertz CT molecular complexity index is 904. The Labute approximate surface area is 165 Å². The molecule has 28 heavy (non-hydrogen) atoms. The van der Waals surface area contributed by atoms with Crippen molar-refractivity contribution in [1.82, 2.24) is 14.7 Å². The molecule has 0 fully saturated rings. The molecule has 0 bridgehead atoms. The molecule has 7 heteroatoms. The van der Waals surface area contributed by atoms with Crippen LogP contribution in [0.2, 0.25) is 0 Å². The van der Waals surface area contributed by atoms with Crippen molar-refractivity contribution in [2.75, 3.05) is 11.9 Å². The standard InChI is InChI=1S/C21H28N4O3/c1-13-8-7-9-14(2)17(13)22-19(26)18-15-12-25(20(27)28-21(3,4)5)11-10-16(15)24(6)23-18/h7-9H,10-12H2,1-6H3,(H,22,26). The van der Waals surface area contributed by atoms with Crippen LogP contribution < -0.4 is 5.32 Å². The maximum absolute atomic E-state index is 13.0. The summed E-state index contributed by atoms with van der Waals surface area (Å²) in [5, 5.41) is 7.43. The average molecular weight is 384 g/mol. The fourth-order valence-corrected chi connectivity index (χ4v) is 3.44. The Balaban J connectivity index is 1.85. The van der Waals surface area contributed by atoms with Crippen LogP contribution in [0, 0.1) is 13.8 Å². The number of carbonyl (C=O) groups excluding carboxylic acids is 2. The maximum atomic E-state index is 13.0. The topological polar surface area (TPSA) is 76.5 Å². The average Bonchev–Trinajstić information content (AvgIpc) is 2.93. The second kappa shape index (κ2) is 7.30. The summed E-state index contributed by atoms with van der Waals surface area (Å²) in [5.41, 5.74) is 4.34. The van der Waals surface area contributed by atoms with Gasteiger partial charge in [0.25, 0.3) is 5.91 Å². The third kappa shape index (κ3) is 4.03. The molecule has 0 radical (unpaired) electrons. The van der Waals surface area contributed by atoms with Crippen LogP contribution in [0.3, 0.4) is 0 Å². The molecule has 0 aliphatic carbocycles. The second-order valence-corrected chi connectivity index (χ2v) is 8.27. The van der Waals surface area contributed by atoms with E-state index in [9.17, 15) is 9.59 Å². The molecule has 1 aliphatic heterocycles. The van der Waals surface area contributed by atoms with E-state index in [1.165, 1.54) is 0 Å². The summed E-state index contributed by atoms with van der Waals surface area (Å²) in [5.74, 6) is -0.264. The zero-order valence-electron chi connectivity index (χ0n) is 17.4. The largest absolute Gasteiger partial charge is 0.444 e. The Hall–Kier alpha value is -2.83. The summed E-state index contributed by atoms with van der Waals surface area (Å²) in [6.07, 6.45) is 0.262. The first-order valence-electron chi connectivity index (χ1n) is 9.47. The molecule has 0 saturated heterocycles. The highest BCUT2D eigenvalue weighted by Crippen LogP contribution is 2.26. The smallest absolute Gasteiger partial charge is 0.410 e. The zero-order chi connectivity index (χ0) is 20.6. The zero-order valence-corrected chi connectivity index (χ0v) is 17.4. The number of rotatable bonds is 2. The van der Waals surface area contributed by atoms with E-state index < -0.39 is 5.60 Å². The van der Waals surface area contributed by atoms with Gasteiger partial charge in [-0.15, -0.1) is 0 Å². The van der Waals surface area contributed by atoms with Gasteiger partial charge in [0.15, 0.2) is 5.69 Å². The summed E-state index contributed by atoms with van der Waals surface area (Å²) in [4.78, 5) is 27.1. The Morgan fingerprint density at radius 1 is 1.18 bits per heavy atom. The summed E-state index contributed by atoms with van der Waals surface area (Å²) in [6, 6.07) is 5.88. The molecule has 0 atom stereocenters. The summed E-state index contributed by atoms with van der Waals surface area (Å²) < 4.78 is 7.22. The van der Waals surface area contributed by atoms with Crippen molar-refractivity contribution < 1.29 is 14.3 Å². The predicted octanol–water partition coefficient (Wildman–Crippen LogP) is 3.58. The predicted molar refractivity (Wildman–Crippen MR) is 107 cm³/mol. The molecule has 1 aromatic heterocycles. The van der Waals surface area contributed by atoms with Crippen molar-refractivity contribution in [3.05, 3.63) is 46.3 Å².